The van der Waals surface area contributed by atoms with Gasteiger partial charge in [-0.2, -0.15) is 5.26 Å². The maximum absolute atomic E-state index is 13.0. The smallest absolute Gasteiger partial charge is 0.260 e. The number of para-hydroxylation sites is 2. The Morgan fingerprint density at radius 2 is 1.75 bits per heavy atom. The fraction of sp³-hybridized carbons (Fsp3) is 0.222. The lowest BCUT2D eigenvalue weighted by molar-refractivity contribution is 0.0993. The normalized spacial score (nSPS) is 15.7. The molecule has 1 aliphatic heterocycles. The van der Waals surface area contributed by atoms with Gasteiger partial charge in [-0.1, -0.05) is 12.1 Å². The minimum Gasteiger partial charge on any atom is -0.497 e. The van der Waals surface area contributed by atoms with E-state index in [-0.39, 0.29) is 5.91 Å². The van der Waals surface area contributed by atoms with E-state index < -0.39 is 6.04 Å². The van der Waals surface area contributed by atoms with Crippen molar-refractivity contribution in [1.29, 1.82) is 5.26 Å². The predicted molar refractivity (Wildman–Crippen MR) is 87.7 cm³/mol. The van der Waals surface area contributed by atoms with Crippen molar-refractivity contribution >= 4 is 11.6 Å². The van der Waals surface area contributed by atoms with Crippen LogP contribution in [0.25, 0.3) is 0 Å². The largest absolute Gasteiger partial charge is 0.497 e. The summed E-state index contributed by atoms with van der Waals surface area (Å²) in [6, 6.07) is 11.8. The Kier molecular flexibility index (Phi) is 4.00. The highest BCUT2D eigenvalue weighted by atomic mass is 16.5. The number of nitrogens with zero attached hydrogens (tertiary/aromatic N) is 2. The number of hydrogen-bond donors (Lipinski definition) is 0. The highest BCUT2D eigenvalue weighted by Gasteiger charge is 2.42. The molecule has 0 aromatic heterocycles. The molecule has 0 fully saturated rings. The van der Waals surface area contributed by atoms with E-state index in [1.54, 1.807) is 36.4 Å². The molecule has 0 saturated carbocycles. The lowest BCUT2D eigenvalue weighted by Crippen LogP contribution is -2.27. The molecule has 0 N–H and O–H groups in total. The maximum Gasteiger partial charge on any atom is 0.260 e. The van der Waals surface area contributed by atoms with Gasteiger partial charge in [-0.3, -0.25) is 9.69 Å². The van der Waals surface area contributed by atoms with Gasteiger partial charge < -0.3 is 14.2 Å². The third-order valence-corrected chi connectivity index (χ3v) is 4.02. The summed E-state index contributed by atoms with van der Waals surface area (Å²) >= 11 is 0. The Balaban J connectivity index is 2.22. The van der Waals surface area contributed by atoms with Crippen LogP contribution in [-0.2, 0) is 0 Å². The van der Waals surface area contributed by atoms with Crippen molar-refractivity contribution < 1.29 is 19.0 Å². The fourth-order valence-corrected chi connectivity index (χ4v) is 2.92. The van der Waals surface area contributed by atoms with Crippen LogP contribution < -0.4 is 19.1 Å². The lowest BCUT2D eigenvalue weighted by atomic mass is 10.0. The summed E-state index contributed by atoms with van der Waals surface area (Å²) in [5, 5.41) is 9.70. The van der Waals surface area contributed by atoms with Crippen molar-refractivity contribution in [2.24, 2.45) is 0 Å². The van der Waals surface area contributed by atoms with Gasteiger partial charge in [-0.25, -0.2) is 0 Å². The molecule has 24 heavy (non-hydrogen) atoms. The molecule has 1 amide bonds. The van der Waals surface area contributed by atoms with Crippen LogP contribution in [-0.4, -0.2) is 27.2 Å². The Hall–Kier alpha value is -3.20. The quantitative estimate of drug-likeness (QED) is 0.864. The number of nitriles is 1. The van der Waals surface area contributed by atoms with Crippen molar-refractivity contribution in [3.8, 4) is 23.3 Å². The van der Waals surface area contributed by atoms with E-state index >= 15 is 0 Å². The Labute approximate surface area is 139 Å². The molecule has 0 spiro atoms. The number of rotatable bonds is 4. The van der Waals surface area contributed by atoms with Gasteiger partial charge in [-0.15, -0.1) is 0 Å². The molecule has 2 aromatic carbocycles. The molecular weight excluding hydrogens is 308 g/mol. The highest BCUT2D eigenvalue weighted by Crippen LogP contribution is 2.46. The van der Waals surface area contributed by atoms with Crippen LogP contribution in [0.15, 0.2) is 36.4 Å². The maximum atomic E-state index is 13.0. The number of benzene rings is 2. The number of amides is 1. The SMILES string of the molecule is COc1cc(OC)c2c(c1)C(=O)N(c1ccccc1OC)C2C#N. The molecule has 0 saturated heterocycles. The zero-order valence-corrected chi connectivity index (χ0v) is 13.6. The van der Waals surface area contributed by atoms with Crippen LogP contribution in [0.5, 0.6) is 17.2 Å². The van der Waals surface area contributed by atoms with Gasteiger partial charge in [0.1, 0.15) is 17.2 Å². The molecule has 0 radical (unpaired) electrons. The zero-order valence-electron chi connectivity index (χ0n) is 13.6. The van der Waals surface area contributed by atoms with Crippen LogP contribution in [0.2, 0.25) is 0 Å². The van der Waals surface area contributed by atoms with E-state index in [1.807, 2.05) is 0 Å². The number of carbonyl (C=O) groups excluding carboxylic acids is 1. The second-order valence-electron chi connectivity index (χ2n) is 5.17. The molecule has 2 aromatic rings. The fourth-order valence-electron chi connectivity index (χ4n) is 2.92. The summed E-state index contributed by atoms with van der Waals surface area (Å²) in [4.78, 5) is 14.4. The first kappa shape index (κ1) is 15.7. The van der Waals surface area contributed by atoms with Crippen LogP contribution >= 0.6 is 0 Å². The average Bonchev–Trinajstić information content (AvgIpc) is 2.92. The molecule has 6 nitrogen and oxygen atoms in total. The van der Waals surface area contributed by atoms with Gasteiger partial charge in [0.15, 0.2) is 6.04 Å². The first-order valence-electron chi connectivity index (χ1n) is 7.28. The number of anilines is 1. The second kappa shape index (κ2) is 6.13. The Morgan fingerprint density at radius 1 is 1.04 bits per heavy atom. The standard InChI is InChI=1S/C18H16N2O4/c1-22-11-8-12-17(16(9-11)24-3)14(10-19)20(18(12)21)13-6-4-5-7-15(13)23-2/h4-9,14H,1-3H3. The van der Waals surface area contributed by atoms with Gasteiger partial charge in [0, 0.05) is 11.6 Å². The molecule has 1 unspecified atom stereocenters. The van der Waals surface area contributed by atoms with E-state index in [2.05, 4.69) is 6.07 Å². The van der Waals surface area contributed by atoms with Crippen molar-refractivity contribution in [3.63, 3.8) is 0 Å². The second-order valence-corrected chi connectivity index (χ2v) is 5.17. The lowest BCUT2D eigenvalue weighted by Gasteiger charge is -2.22. The van der Waals surface area contributed by atoms with Gasteiger partial charge >= 0.3 is 0 Å². The van der Waals surface area contributed by atoms with Crippen LogP contribution in [0.3, 0.4) is 0 Å². The van der Waals surface area contributed by atoms with Crippen molar-refractivity contribution in [2.75, 3.05) is 26.2 Å². The average molecular weight is 324 g/mol. The van der Waals surface area contributed by atoms with Gasteiger partial charge in [0.25, 0.3) is 5.91 Å². The van der Waals surface area contributed by atoms with E-state index in [9.17, 15) is 10.1 Å². The molecule has 0 aliphatic carbocycles. The zero-order chi connectivity index (χ0) is 17.3. The minimum absolute atomic E-state index is 0.293. The van der Waals surface area contributed by atoms with E-state index in [0.717, 1.165) is 0 Å². The third-order valence-electron chi connectivity index (χ3n) is 4.02. The molecule has 0 bridgehead atoms. The first-order valence-corrected chi connectivity index (χ1v) is 7.28. The van der Waals surface area contributed by atoms with Crippen LogP contribution in [0, 0.1) is 11.3 Å². The number of methoxy groups -OCH3 is 3. The molecule has 1 aliphatic rings. The van der Waals surface area contributed by atoms with E-state index in [0.29, 0.717) is 34.1 Å². The first-order chi connectivity index (χ1) is 11.7. The Morgan fingerprint density at radius 3 is 2.38 bits per heavy atom. The Bertz CT molecular complexity index is 841. The molecule has 1 heterocycles. The summed E-state index contributed by atoms with van der Waals surface area (Å²) in [6.07, 6.45) is 0. The molecule has 122 valence electrons. The third kappa shape index (κ3) is 2.22. The highest BCUT2D eigenvalue weighted by molar-refractivity contribution is 6.13. The number of ether oxygens (including phenoxy) is 3. The summed E-state index contributed by atoms with van der Waals surface area (Å²) < 4.78 is 15.9. The number of fused-ring (bicyclic) bond motifs is 1. The topological polar surface area (TPSA) is 71.8 Å². The van der Waals surface area contributed by atoms with Gasteiger partial charge in [0.05, 0.1) is 38.6 Å². The van der Waals surface area contributed by atoms with E-state index in [4.69, 9.17) is 14.2 Å². The predicted octanol–water partition coefficient (Wildman–Crippen LogP) is 2.94. The van der Waals surface area contributed by atoms with E-state index in [1.165, 1.54) is 26.2 Å². The molecular formula is C18H16N2O4. The summed E-state index contributed by atoms with van der Waals surface area (Å²) in [7, 11) is 4.54. The van der Waals surface area contributed by atoms with Crippen LogP contribution in [0.4, 0.5) is 5.69 Å². The number of hydrogen-bond acceptors (Lipinski definition) is 5. The van der Waals surface area contributed by atoms with Crippen molar-refractivity contribution in [2.45, 2.75) is 6.04 Å². The monoisotopic (exact) mass is 324 g/mol. The van der Waals surface area contributed by atoms with Crippen molar-refractivity contribution in [3.05, 3.63) is 47.5 Å². The van der Waals surface area contributed by atoms with Crippen molar-refractivity contribution in [1.82, 2.24) is 0 Å². The molecule has 6 heteroatoms. The minimum atomic E-state index is -0.801. The number of carbonyl (C=O) groups is 1. The summed E-state index contributed by atoms with van der Waals surface area (Å²) in [5.41, 5.74) is 1.47. The van der Waals surface area contributed by atoms with Crippen LogP contribution in [0.1, 0.15) is 22.0 Å². The van der Waals surface area contributed by atoms with Gasteiger partial charge in [-0.05, 0) is 18.2 Å². The summed E-state index contributed by atoms with van der Waals surface area (Å²) in [6.45, 7) is 0. The summed E-state index contributed by atoms with van der Waals surface area (Å²) in [5.74, 6) is 1.17. The molecule has 3 rings (SSSR count). The molecule has 1 atom stereocenters. The van der Waals surface area contributed by atoms with Gasteiger partial charge in [0.2, 0.25) is 0 Å².